The fourth-order valence-electron chi connectivity index (χ4n) is 2.62. The smallest absolute Gasteiger partial charge is 0.122 e. The zero-order valence-corrected chi connectivity index (χ0v) is 12.5. The maximum Gasteiger partial charge on any atom is 0.122 e. The molecule has 104 valence electrons. The molecule has 3 nitrogen and oxygen atoms in total. The minimum absolute atomic E-state index is 0.307. The van der Waals surface area contributed by atoms with E-state index in [4.69, 9.17) is 0 Å². The highest BCUT2D eigenvalue weighted by Gasteiger charge is 2.46. The maximum atomic E-state index is 9.61. The molecular weight excluding hydrogens is 222 g/mol. The van der Waals surface area contributed by atoms with Crippen molar-refractivity contribution in [1.29, 1.82) is 5.26 Å². The third-order valence-electron chi connectivity index (χ3n) is 4.15. The normalized spacial score (nSPS) is 20.4. The maximum absolute atomic E-state index is 9.61. The van der Waals surface area contributed by atoms with Crippen LogP contribution in [0, 0.1) is 23.2 Å². The average Bonchev–Trinajstić information content (AvgIpc) is 3.21. The van der Waals surface area contributed by atoms with E-state index in [1.807, 2.05) is 0 Å². The second kappa shape index (κ2) is 7.11. The van der Waals surface area contributed by atoms with Gasteiger partial charge in [0.2, 0.25) is 0 Å². The van der Waals surface area contributed by atoms with Crippen molar-refractivity contribution >= 4 is 0 Å². The molecular formula is C15H29N3. The second-order valence-electron chi connectivity index (χ2n) is 5.73. The molecule has 0 aromatic rings. The topological polar surface area (TPSA) is 39.1 Å². The Balaban J connectivity index is 2.65. The molecule has 1 rings (SSSR count). The fourth-order valence-corrected chi connectivity index (χ4v) is 2.62. The minimum atomic E-state index is -0.307. The Morgan fingerprint density at radius 1 is 1.39 bits per heavy atom. The number of rotatable bonds is 9. The molecule has 0 heterocycles. The van der Waals surface area contributed by atoms with Crippen molar-refractivity contribution in [3.8, 4) is 6.07 Å². The summed E-state index contributed by atoms with van der Waals surface area (Å²) in [6, 6.07) is 2.58. The Hall–Kier alpha value is -0.590. The Morgan fingerprint density at radius 2 is 2.06 bits per heavy atom. The van der Waals surface area contributed by atoms with Crippen LogP contribution in [0.3, 0.4) is 0 Å². The summed E-state index contributed by atoms with van der Waals surface area (Å²) >= 11 is 0. The van der Waals surface area contributed by atoms with Crippen molar-refractivity contribution in [2.45, 2.75) is 52.5 Å². The van der Waals surface area contributed by atoms with E-state index in [2.05, 4.69) is 44.0 Å². The molecule has 0 aromatic heterocycles. The highest BCUT2D eigenvalue weighted by molar-refractivity contribution is 5.16. The van der Waals surface area contributed by atoms with Crippen LogP contribution in [-0.2, 0) is 0 Å². The van der Waals surface area contributed by atoms with Crippen LogP contribution in [0.4, 0.5) is 0 Å². The molecule has 1 aliphatic carbocycles. The van der Waals surface area contributed by atoms with E-state index >= 15 is 0 Å². The summed E-state index contributed by atoms with van der Waals surface area (Å²) in [5.41, 5.74) is -0.307. The van der Waals surface area contributed by atoms with Crippen LogP contribution < -0.4 is 5.32 Å². The Morgan fingerprint density at radius 3 is 2.44 bits per heavy atom. The lowest BCUT2D eigenvalue weighted by atomic mass is 9.93. The summed E-state index contributed by atoms with van der Waals surface area (Å²) in [4.78, 5) is 2.44. The van der Waals surface area contributed by atoms with Crippen molar-refractivity contribution in [2.24, 2.45) is 11.8 Å². The highest BCUT2D eigenvalue weighted by atomic mass is 15.2. The van der Waals surface area contributed by atoms with Gasteiger partial charge < -0.3 is 4.90 Å². The molecule has 1 aliphatic rings. The first-order chi connectivity index (χ1) is 8.61. The van der Waals surface area contributed by atoms with Crippen LogP contribution in [0.1, 0.15) is 47.0 Å². The first kappa shape index (κ1) is 15.5. The summed E-state index contributed by atoms with van der Waals surface area (Å²) in [7, 11) is 0. The standard InChI is InChI=1S/C15H29N3/c1-5-13(4)10-18(7-3)12-15(11-16,17-6-2)14-8-9-14/h13-14,17H,5-10,12H2,1-4H3. The zero-order chi connectivity index (χ0) is 13.6. The van der Waals surface area contributed by atoms with Gasteiger partial charge in [0, 0.05) is 13.1 Å². The number of nitrogens with zero attached hydrogens (tertiary/aromatic N) is 2. The van der Waals surface area contributed by atoms with E-state index in [0.717, 1.165) is 26.2 Å². The summed E-state index contributed by atoms with van der Waals surface area (Å²) in [6.07, 6.45) is 3.63. The van der Waals surface area contributed by atoms with Crippen molar-refractivity contribution in [3.63, 3.8) is 0 Å². The van der Waals surface area contributed by atoms with Crippen LogP contribution in [-0.4, -0.2) is 36.6 Å². The number of hydrogen-bond acceptors (Lipinski definition) is 3. The number of nitrogens with one attached hydrogen (secondary N) is 1. The average molecular weight is 251 g/mol. The summed E-state index contributed by atoms with van der Waals surface area (Å²) in [5, 5.41) is 13.1. The fraction of sp³-hybridized carbons (Fsp3) is 0.933. The lowest BCUT2D eigenvalue weighted by Gasteiger charge is -2.34. The highest BCUT2D eigenvalue weighted by Crippen LogP contribution is 2.40. The quantitative estimate of drug-likeness (QED) is 0.685. The van der Waals surface area contributed by atoms with Crippen molar-refractivity contribution in [2.75, 3.05) is 26.2 Å². The van der Waals surface area contributed by atoms with Crippen LogP contribution in [0.15, 0.2) is 0 Å². The van der Waals surface area contributed by atoms with Gasteiger partial charge in [0.05, 0.1) is 6.07 Å². The van der Waals surface area contributed by atoms with E-state index in [1.54, 1.807) is 0 Å². The number of likely N-dealkylation sites (N-methyl/N-ethyl adjacent to an activating group) is 2. The van der Waals surface area contributed by atoms with E-state index < -0.39 is 0 Å². The van der Waals surface area contributed by atoms with E-state index in [0.29, 0.717) is 11.8 Å². The summed E-state index contributed by atoms with van der Waals surface area (Å²) < 4.78 is 0. The van der Waals surface area contributed by atoms with Crippen molar-refractivity contribution < 1.29 is 0 Å². The Labute approximate surface area is 113 Å². The van der Waals surface area contributed by atoms with Crippen molar-refractivity contribution in [3.05, 3.63) is 0 Å². The molecule has 0 amide bonds. The van der Waals surface area contributed by atoms with Crippen molar-refractivity contribution in [1.82, 2.24) is 10.2 Å². The Bertz CT molecular complexity index is 280. The van der Waals surface area contributed by atoms with Gasteiger partial charge in [-0.05, 0) is 37.8 Å². The van der Waals surface area contributed by atoms with Gasteiger partial charge in [-0.1, -0.05) is 34.1 Å². The van der Waals surface area contributed by atoms with Gasteiger partial charge in [0.15, 0.2) is 0 Å². The lowest BCUT2D eigenvalue weighted by molar-refractivity contribution is 0.182. The molecule has 0 aliphatic heterocycles. The number of hydrogen-bond donors (Lipinski definition) is 1. The molecule has 2 atom stereocenters. The van der Waals surface area contributed by atoms with Gasteiger partial charge in [-0.3, -0.25) is 5.32 Å². The Kier molecular flexibility index (Phi) is 6.11. The SMILES string of the molecule is CCNC(C#N)(CN(CC)CC(C)CC)C1CC1. The molecule has 0 aromatic carbocycles. The van der Waals surface area contributed by atoms with Crippen LogP contribution in [0.2, 0.25) is 0 Å². The molecule has 0 spiro atoms. The second-order valence-corrected chi connectivity index (χ2v) is 5.73. The molecule has 1 saturated carbocycles. The van der Waals surface area contributed by atoms with Crippen LogP contribution >= 0.6 is 0 Å². The molecule has 18 heavy (non-hydrogen) atoms. The third-order valence-corrected chi connectivity index (χ3v) is 4.15. The predicted molar refractivity (Wildman–Crippen MR) is 76.3 cm³/mol. The first-order valence-corrected chi connectivity index (χ1v) is 7.50. The monoisotopic (exact) mass is 251 g/mol. The molecule has 0 bridgehead atoms. The molecule has 0 radical (unpaired) electrons. The first-order valence-electron chi connectivity index (χ1n) is 7.50. The van der Waals surface area contributed by atoms with Gasteiger partial charge in [-0.2, -0.15) is 5.26 Å². The van der Waals surface area contributed by atoms with Crippen LogP contribution in [0.25, 0.3) is 0 Å². The lowest BCUT2D eigenvalue weighted by Crippen LogP contribution is -2.55. The molecule has 2 unspecified atom stereocenters. The van der Waals surface area contributed by atoms with E-state index in [1.165, 1.54) is 19.3 Å². The van der Waals surface area contributed by atoms with E-state index in [-0.39, 0.29) is 5.54 Å². The van der Waals surface area contributed by atoms with Gasteiger partial charge in [-0.15, -0.1) is 0 Å². The van der Waals surface area contributed by atoms with Gasteiger partial charge in [-0.25, -0.2) is 0 Å². The molecule has 0 saturated heterocycles. The largest absolute Gasteiger partial charge is 0.300 e. The minimum Gasteiger partial charge on any atom is -0.300 e. The summed E-state index contributed by atoms with van der Waals surface area (Å²) in [5.74, 6) is 1.27. The molecule has 3 heteroatoms. The molecule has 1 fully saturated rings. The molecule has 1 N–H and O–H groups in total. The zero-order valence-electron chi connectivity index (χ0n) is 12.5. The van der Waals surface area contributed by atoms with Gasteiger partial charge in [0.25, 0.3) is 0 Å². The van der Waals surface area contributed by atoms with E-state index in [9.17, 15) is 5.26 Å². The van der Waals surface area contributed by atoms with Crippen LogP contribution in [0.5, 0.6) is 0 Å². The summed E-state index contributed by atoms with van der Waals surface area (Å²) in [6.45, 7) is 12.7. The number of nitriles is 1. The predicted octanol–water partition coefficient (Wildman–Crippen LogP) is 2.64. The van der Waals surface area contributed by atoms with Gasteiger partial charge in [0.1, 0.15) is 5.54 Å². The van der Waals surface area contributed by atoms with Gasteiger partial charge >= 0.3 is 0 Å². The third kappa shape index (κ3) is 3.96.